The molecule has 1 aliphatic rings. The molecule has 13 heavy (non-hydrogen) atoms. The van der Waals surface area contributed by atoms with E-state index < -0.39 is 0 Å². The Bertz CT molecular complexity index is 246. The van der Waals surface area contributed by atoms with Crippen LogP contribution in [0.15, 0.2) is 0 Å². The van der Waals surface area contributed by atoms with Gasteiger partial charge in [-0.25, -0.2) is 0 Å². The highest BCUT2D eigenvalue weighted by Gasteiger charge is 2.68. The lowest BCUT2D eigenvalue weighted by molar-refractivity contribution is -0.565. The fourth-order valence-electron chi connectivity index (χ4n) is 2.23. The third-order valence-electron chi connectivity index (χ3n) is 4.20. The van der Waals surface area contributed by atoms with Crippen molar-refractivity contribution >= 4 is 5.90 Å². The first kappa shape index (κ1) is 10.6. The molecule has 1 rings (SSSR count). The third kappa shape index (κ3) is 1.36. The van der Waals surface area contributed by atoms with E-state index in [4.69, 9.17) is 4.74 Å². The summed E-state index contributed by atoms with van der Waals surface area (Å²) in [4.78, 5) is 0. The molecule has 0 heterocycles. The Kier molecular flexibility index (Phi) is 2.44. The highest BCUT2D eigenvalue weighted by Crippen LogP contribution is 2.59. The molecule has 0 radical (unpaired) electrons. The van der Waals surface area contributed by atoms with E-state index in [1.165, 1.54) is 12.8 Å². The van der Waals surface area contributed by atoms with Gasteiger partial charge < -0.3 is 4.74 Å². The molecule has 0 spiro atoms. The van der Waals surface area contributed by atoms with Crippen LogP contribution in [0.25, 0.3) is 0 Å². The average Bonchev–Trinajstić information content (AvgIpc) is 2.69. The van der Waals surface area contributed by atoms with Crippen molar-refractivity contribution in [3.05, 3.63) is 0 Å². The van der Waals surface area contributed by atoms with Crippen molar-refractivity contribution in [2.45, 2.75) is 46.1 Å². The van der Waals surface area contributed by atoms with Gasteiger partial charge in [0.25, 0.3) is 0 Å². The summed E-state index contributed by atoms with van der Waals surface area (Å²) in [6.07, 6.45) is 2.51. The first-order chi connectivity index (χ1) is 5.91. The lowest BCUT2D eigenvalue weighted by Gasteiger charge is -2.14. The normalized spacial score (nSPS) is 39.8. The molecule has 0 N–H and O–H groups in total. The molecule has 2 unspecified atom stereocenters. The van der Waals surface area contributed by atoms with Gasteiger partial charge in [-0.05, 0) is 6.42 Å². The zero-order valence-corrected chi connectivity index (χ0v) is 9.77. The second kappa shape index (κ2) is 3.00. The van der Waals surface area contributed by atoms with Crippen molar-refractivity contribution in [3.8, 4) is 0 Å². The van der Waals surface area contributed by atoms with Gasteiger partial charge in [-0.3, -0.25) is 0 Å². The zero-order valence-electron chi connectivity index (χ0n) is 9.77. The minimum atomic E-state index is 0.307. The average molecular weight is 184 g/mol. The number of hydrogen-bond acceptors (Lipinski definition) is 1. The lowest BCUT2D eigenvalue weighted by Crippen LogP contribution is -2.32. The van der Waals surface area contributed by atoms with Gasteiger partial charge in [0.05, 0.1) is 14.0 Å². The molecule has 1 fully saturated rings. The molecule has 1 aliphatic carbocycles. The highest BCUT2D eigenvalue weighted by atomic mass is 16.5. The molecule has 2 nitrogen and oxygen atoms in total. The summed E-state index contributed by atoms with van der Waals surface area (Å²) in [7, 11) is 3.86. The predicted molar refractivity (Wildman–Crippen MR) is 55.3 cm³/mol. The maximum Gasteiger partial charge on any atom is 0.332 e. The molecule has 0 amide bonds. The largest absolute Gasteiger partial charge is 0.452 e. The Morgan fingerprint density at radius 3 is 2.31 bits per heavy atom. The quantitative estimate of drug-likeness (QED) is 0.364. The molecule has 76 valence electrons. The summed E-state index contributed by atoms with van der Waals surface area (Å²) in [5.41, 5.74) is 0.781. The topological polar surface area (TPSA) is 12.2 Å². The van der Waals surface area contributed by atoms with E-state index in [1.54, 1.807) is 7.11 Å². The van der Waals surface area contributed by atoms with Gasteiger partial charge >= 0.3 is 5.90 Å². The maximum absolute atomic E-state index is 5.26. The number of methoxy groups -OCH3 is 1. The summed E-state index contributed by atoms with van der Waals surface area (Å²) in [6.45, 7) is 8.96. The fraction of sp³-hybridized carbons (Fsp3) is 0.909. The van der Waals surface area contributed by atoms with Crippen molar-refractivity contribution in [1.82, 2.24) is 0 Å². The molecule has 0 aromatic rings. The van der Waals surface area contributed by atoms with Crippen molar-refractivity contribution in [3.63, 3.8) is 0 Å². The highest BCUT2D eigenvalue weighted by molar-refractivity contribution is 5.67. The standard InChI is InChI=1S/C11H22NO/c1-7-10(3)8-11(10,4)12(5)9(2)13-6/h7-8H2,1-6H3/q+1. The molecular formula is C11H22NO+. The number of rotatable bonds is 2. The van der Waals surface area contributed by atoms with Crippen LogP contribution in [0.1, 0.15) is 40.5 Å². The van der Waals surface area contributed by atoms with Gasteiger partial charge in [-0.15, -0.1) is 0 Å². The summed E-state index contributed by atoms with van der Waals surface area (Å²) < 4.78 is 7.53. The van der Waals surface area contributed by atoms with E-state index in [0.29, 0.717) is 11.0 Å². The van der Waals surface area contributed by atoms with Gasteiger partial charge in [-0.2, -0.15) is 4.58 Å². The second-order valence-electron chi connectivity index (χ2n) is 4.65. The van der Waals surface area contributed by atoms with Crippen LogP contribution < -0.4 is 0 Å². The first-order valence-electron chi connectivity index (χ1n) is 5.02. The van der Waals surface area contributed by atoms with Crippen LogP contribution >= 0.6 is 0 Å². The van der Waals surface area contributed by atoms with Gasteiger partial charge in [0, 0.05) is 18.8 Å². The lowest BCUT2D eigenvalue weighted by atomic mass is 10.00. The van der Waals surface area contributed by atoms with Crippen molar-refractivity contribution in [2.24, 2.45) is 5.41 Å². The summed E-state index contributed by atoms with van der Waals surface area (Å²) in [5, 5.41) is 0. The second-order valence-corrected chi connectivity index (χ2v) is 4.65. The number of ether oxygens (including phenoxy) is 1. The molecule has 0 aromatic carbocycles. The van der Waals surface area contributed by atoms with Crippen molar-refractivity contribution in [1.29, 1.82) is 0 Å². The Balaban J connectivity index is 2.88. The van der Waals surface area contributed by atoms with Crippen LogP contribution in [0.2, 0.25) is 0 Å². The van der Waals surface area contributed by atoms with E-state index in [0.717, 1.165) is 5.90 Å². The van der Waals surface area contributed by atoms with Crippen LogP contribution in [-0.4, -0.2) is 30.2 Å². The molecule has 2 heteroatoms. The van der Waals surface area contributed by atoms with Crippen LogP contribution in [0.4, 0.5) is 0 Å². The van der Waals surface area contributed by atoms with E-state index in [1.807, 2.05) is 6.92 Å². The van der Waals surface area contributed by atoms with E-state index in [-0.39, 0.29) is 0 Å². The van der Waals surface area contributed by atoms with Crippen molar-refractivity contribution in [2.75, 3.05) is 14.2 Å². The molecule has 2 atom stereocenters. The third-order valence-corrected chi connectivity index (χ3v) is 4.20. The number of hydrogen-bond donors (Lipinski definition) is 0. The van der Waals surface area contributed by atoms with Crippen LogP contribution in [0.5, 0.6) is 0 Å². The van der Waals surface area contributed by atoms with Crippen LogP contribution in [0, 0.1) is 5.41 Å². The summed E-state index contributed by atoms with van der Waals surface area (Å²) in [5.74, 6) is 1.01. The zero-order chi connectivity index (χ0) is 10.3. The van der Waals surface area contributed by atoms with Gasteiger partial charge in [0.2, 0.25) is 0 Å². The van der Waals surface area contributed by atoms with Crippen LogP contribution in [-0.2, 0) is 4.74 Å². The van der Waals surface area contributed by atoms with Crippen LogP contribution in [0.3, 0.4) is 0 Å². The van der Waals surface area contributed by atoms with E-state index in [2.05, 4.69) is 32.4 Å². The molecule has 0 aromatic heterocycles. The minimum absolute atomic E-state index is 0.307. The van der Waals surface area contributed by atoms with E-state index >= 15 is 0 Å². The Morgan fingerprint density at radius 1 is 1.46 bits per heavy atom. The SMILES string of the molecule is CCC1(C)CC1(C)[N+](C)=C(C)OC. The Morgan fingerprint density at radius 2 is 2.00 bits per heavy atom. The van der Waals surface area contributed by atoms with E-state index in [9.17, 15) is 0 Å². The monoisotopic (exact) mass is 184 g/mol. The van der Waals surface area contributed by atoms with Gasteiger partial charge in [-0.1, -0.05) is 13.8 Å². The molecule has 0 saturated heterocycles. The first-order valence-corrected chi connectivity index (χ1v) is 5.02. The Hall–Kier alpha value is -0.530. The minimum Gasteiger partial charge on any atom is -0.452 e. The summed E-state index contributed by atoms with van der Waals surface area (Å²) >= 11 is 0. The van der Waals surface area contributed by atoms with Gasteiger partial charge in [0.15, 0.2) is 5.54 Å². The predicted octanol–water partition coefficient (Wildman–Crippen LogP) is 2.27. The maximum atomic E-state index is 5.26. The number of nitrogens with zero attached hydrogens (tertiary/aromatic N) is 1. The van der Waals surface area contributed by atoms with Crippen molar-refractivity contribution < 1.29 is 9.31 Å². The molecule has 0 aliphatic heterocycles. The Labute approximate surface area is 81.6 Å². The smallest absolute Gasteiger partial charge is 0.332 e. The summed E-state index contributed by atoms with van der Waals surface area (Å²) in [6, 6.07) is 0. The molecule has 1 saturated carbocycles. The fourth-order valence-corrected chi connectivity index (χ4v) is 2.23. The molecular weight excluding hydrogens is 162 g/mol. The van der Waals surface area contributed by atoms with Gasteiger partial charge in [0.1, 0.15) is 7.05 Å². The molecule has 0 bridgehead atoms.